The second-order valence-corrected chi connectivity index (χ2v) is 4.22. The van der Waals surface area contributed by atoms with Gasteiger partial charge in [-0.2, -0.15) is 0 Å². The van der Waals surface area contributed by atoms with Crippen LogP contribution in [0.2, 0.25) is 0 Å². The predicted molar refractivity (Wildman–Crippen MR) is 59.6 cm³/mol. The van der Waals surface area contributed by atoms with Crippen LogP contribution in [-0.2, 0) is 4.74 Å². The Morgan fingerprint density at radius 3 is 3.13 bits per heavy atom. The highest BCUT2D eigenvalue weighted by molar-refractivity contribution is 5.16. The van der Waals surface area contributed by atoms with E-state index in [0.29, 0.717) is 12.0 Å². The summed E-state index contributed by atoms with van der Waals surface area (Å²) in [5, 5.41) is 0. The molecule has 2 rings (SSSR count). The molecule has 1 fully saturated rings. The number of pyridine rings is 1. The molecule has 1 saturated heterocycles. The fraction of sp³-hybridized carbons (Fsp3) is 0.583. The first-order chi connectivity index (χ1) is 7.33. The van der Waals surface area contributed by atoms with Gasteiger partial charge in [0, 0.05) is 31.5 Å². The number of nitrogens with zero attached hydrogens (tertiary/aromatic N) is 2. The zero-order valence-corrected chi connectivity index (χ0v) is 9.39. The minimum absolute atomic E-state index is 0.471. The smallest absolute Gasteiger partial charge is 0.0509 e. The van der Waals surface area contributed by atoms with E-state index in [1.807, 2.05) is 18.5 Å². The average Bonchev–Trinajstić information content (AvgIpc) is 2.62. The summed E-state index contributed by atoms with van der Waals surface area (Å²) < 4.78 is 5.28. The lowest BCUT2D eigenvalue weighted by Crippen LogP contribution is -2.23. The Labute approximate surface area is 91.1 Å². The molecule has 0 bridgehead atoms. The van der Waals surface area contributed by atoms with Crippen molar-refractivity contribution in [1.29, 1.82) is 0 Å². The molecule has 0 amide bonds. The van der Waals surface area contributed by atoms with Crippen molar-refractivity contribution in [2.75, 3.05) is 27.3 Å². The van der Waals surface area contributed by atoms with Crippen LogP contribution < -0.4 is 0 Å². The van der Waals surface area contributed by atoms with Gasteiger partial charge in [0.2, 0.25) is 0 Å². The zero-order valence-electron chi connectivity index (χ0n) is 9.39. The molecule has 0 saturated carbocycles. The van der Waals surface area contributed by atoms with E-state index < -0.39 is 0 Å². The van der Waals surface area contributed by atoms with Crippen LogP contribution in [0.4, 0.5) is 0 Å². The quantitative estimate of drug-likeness (QED) is 0.753. The molecule has 0 spiro atoms. The van der Waals surface area contributed by atoms with Crippen molar-refractivity contribution in [3.05, 3.63) is 30.1 Å². The maximum atomic E-state index is 5.28. The molecule has 2 atom stereocenters. The third-order valence-corrected chi connectivity index (χ3v) is 3.18. The van der Waals surface area contributed by atoms with Crippen LogP contribution in [0.25, 0.3) is 0 Å². The number of hydrogen-bond acceptors (Lipinski definition) is 3. The molecule has 1 aromatic heterocycles. The third kappa shape index (κ3) is 2.19. The van der Waals surface area contributed by atoms with Crippen LogP contribution >= 0.6 is 0 Å². The number of hydrogen-bond donors (Lipinski definition) is 0. The molecule has 0 aromatic carbocycles. The van der Waals surface area contributed by atoms with Crippen molar-refractivity contribution in [3.63, 3.8) is 0 Å². The zero-order chi connectivity index (χ0) is 10.7. The summed E-state index contributed by atoms with van der Waals surface area (Å²) in [4.78, 5) is 6.58. The van der Waals surface area contributed by atoms with Crippen LogP contribution in [0, 0.1) is 5.92 Å². The van der Waals surface area contributed by atoms with Crippen molar-refractivity contribution < 1.29 is 4.74 Å². The van der Waals surface area contributed by atoms with E-state index in [9.17, 15) is 0 Å². The largest absolute Gasteiger partial charge is 0.384 e. The summed E-state index contributed by atoms with van der Waals surface area (Å²) >= 11 is 0. The van der Waals surface area contributed by atoms with Gasteiger partial charge in [-0.15, -0.1) is 0 Å². The Kier molecular flexibility index (Phi) is 3.34. The first-order valence-corrected chi connectivity index (χ1v) is 5.42. The Morgan fingerprint density at radius 2 is 2.47 bits per heavy atom. The van der Waals surface area contributed by atoms with E-state index >= 15 is 0 Å². The fourth-order valence-electron chi connectivity index (χ4n) is 2.49. The van der Waals surface area contributed by atoms with E-state index in [-0.39, 0.29) is 0 Å². The van der Waals surface area contributed by atoms with Gasteiger partial charge in [0.15, 0.2) is 0 Å². The van der Waals surface area contributed by atoms with Crippen LogP contribution in [0.5, 0.6) is 0 Å². The van der Waals surface area contributed by atoms with E-state index in [0.717, 1.165) is 13.2 Å². The number of likely N-dealkylation sites (tertiary alicyclic amines) is 1. The normalized spacial score (nSPS) is 27.1. The van der Waals surface area contributed by atoms with Crippen molar-refractivity contribution >= 4 is 0 Å². The average molecular weight is 206 g/mol. The summed E-state index contributed by atoms with van der Waals surface area (Å²) in [5.41, 5.74) is 1.31. The fourth-order valence-corrected chi connectivity index (χ4v) is 2.49. The van der Waals surface area contributed by atoms with Gasteiger partial charge in [-0.3, -0.25) is 9.88 Å². The third-order valence-electron chi connectivity index (χ3n) is 3.18. The van der Waals surface area contributed by atoms with Gasteiger partial charge in [-0.25, -0.2) is 0 Å². The van der Waals surface area contributed by atoms with Crippen molar-refractivity contribution in [2.45, 2.75) is 12.5 Å². The Hall–Kier alpha value is -0.930. The first-order valence-electron chi connectivity index (χ1n) is 5.42. The summed E-state index contributed by atoms with van der Waals surface area (Å²) in [6.07, 6.45) is 5.00. The van der Waals surface area contributed by atoms with Gasteiger partial charge in [-0.05, 0) is 31.6 Å². The molecule has 0 radical (unpaired) electrons. The molecule has 0 N–H and O–H groups in total. The summed E-state index contributed by atoms with van der Waals surface area (Å²) in [6.45, 7) is 1.98. The van der Waals surface area contributed by atoms with Crippen LogP contribution in [0.3, 0.4) is 0 Å². The molecule has 0 aliphatic carbocycles. The van der Waals surface area contributed by atoms with Crippen molar-refractivity contribution in [3.8, 4) is 0 Å². The molecule has 1 aliphatic heterocycles. The molecule has 3 heteroatoms. The lowest BCUT2D eigenvalue weighted by molar-refractivity contribution is 0.130. The van der Waals surface area contributed by atoms with Gasteiger partial charge in [0.1, 0.15) is 0 Å². The van der Waals surface area contributed by atoms with Gasteiger partial charge >= 0.3 is 0 Å². The van der Waals surface area contributed by atoms with E-state index in [1.54, 1.807) is 7.11 Å². The monoisotopic (exact) mass is 206 g/mol. The van der Waals surface area contributed by atoms with E-state index in [2.05, 4.69) is 23.0 Å². The minimum Gasteiger partial charge on any atom is -0.384 e. The topological polar surface area (TPSA) is 25.4 Å². The maximum absolute atomic E-state index is 5.28. The highest BCUT2D eigenvalue weighted by atomic mass is 16.5. The van der Waals surface area contributed by atoms with Crippen LogP contribution in [-0.4, -0.2) is 37.2 Å². The summed E-state index contributed by atoms with van der Waals surface area (Å²) in [7, 11) is 3.95. The number of methoxy groups -OCH3 is 1. The number of ether oxygens (including phenoxy) is 1. The number of aromatic nitrogens is 1. The molecule has 2 heterocycles. The Bertz CT molecular complexity index is 300. The Morgan fingerprint density at radius 1 is 1.60 bits per heavy atom. The van der Waals surface area contributed by atoms with Gasteiger partial charge in [-0.1, -0.05) is 6.07 Å². The molecular weight excluding hydrogens is 188 g/mol. The predicted octanol–water partition coefficient (Wildman–Crippen LogP) is 1.72. The first kappa shape index (κ1) is 10.6. The molecule has 1 unspecified atom stereocenters. The highest BCUT2D eigenvalue weighted by Gasteiger charge is 2.32. The lowest BCUT2D eigenvalue weighted by Gasteiger charge is -2.24. The van der Waals surface area contributed by atoms with Crippen LogP contribution in [0.15, 0.2) is 24.5 Å². The second kappa shape index (κ2) is 4.73. The summed E-state index contributed by atoms with van der Waals surface area (Å²) in [6, 6.07) is 4.63. The highest BCUT2D eigenvalue weighted by Crippen LogP contribution is 2.35. The van der Waals surface area contributed by atoms with Gasteiger partial charge in [0.05, 0.1) is 6.61 Å². The lowest BCUT2D eigenvalue weighted by atomic mass is 9.96. The minimum atomic E-state index is 0.471. The molecule has 1 aliphatic rings. The Balaban J connectivity index is 2.17. The van der Waals surface area contributed by atoms with Crippen molar-refractivity contribution in [2.24, 2.45) is 5.92 Å². The van der Waals surface area contributed by atoms with Gasteiger partial charge in [0.25, 0.3) is 0 Å². The van der Waals surface area contributed by atoms with Gasteiger partial charge < -0.3 is 4.74 Å². The number of rotatable bonds is 3. The summed E-state index contributed by atoms with van der Waals surface area (Å²) in [5.74, 6) is 0.601. The van der Waals surface area contributed by atoms with E-state index in [1.165, 1.54) is 12.0 Å². The maximum Gasteiger partial charge on any atom is 0.0509 e. The van der Waals surface area contributed by atoms with Crippen molar-refractivity contribution in [1.82, 2.24) is 9.88 Å². The SMILES string of the molecule is COCC1CCN(C)[C@@H]1c1cccnc1. The molecular formula is C12H18N2O. The second-order valence-electron chi connectivity index (χ2n) is 4.22. The van der Waals surface area contributed by atoms with Crippen LogP contribution in [0.1, 0.15) is 18.0 Å². The molecule has 3 nitrogen and oxygen atoms in total. The standard InChI is InChI=1S/C12H18N2O/c1-14-7-5-11(9-15-2)12(14)10-4-3-6-13-8-10/h3-4,6,8,11-12H,5,7,9H2,1-2H3/t11?,12-/m1/s1. The molecule has 15 heavy (non-hydrogen) atoms. The molecule has 1 aromatic rings. The van der Waals surface area contributed by atoms with E-state index in [4.69, 9.17) is 4.74 Å². The molecule has 82 valence electrons.